The minimum absolute atomic E-state index is 0.266. The summed E-state index contributed by atoms with van der Waals surface area (Å²) in [6.45, 7) is 4.46. The maximum Gasteiger partial charge on any atom is 0.257 e. The van der Waals surface area contributed by atoms with Crippen LogP contribution in [-0.4, -0.2) is 24.6 Å². The topological polar surface area (TPSA) is 72.5 Å². The fourth-order valence-corrected chi connectivity index (χ4v) is 2.75. The number of carbonyl (C=O) groups excluding carboxylic acids is 1. The number of nitrogens with one attached hydrogen (secondary N) is 2. The van der Waals surface area contributed by atoms with E-state index in [-0.39, 0.29) is 5.91 Å². The number of hydrogen-bond donors (Lipinski definition) is 2. The van der Waals surface area contributed by atoms with Gasteiger partial charge in [0, 0.05) is 6.20 Å². The Morgan fingerprint density at radius 2 is 1.86 bits per heavy atom. The molecule has 3 aromatic rings. The van der Waals surface area contributed by atoms with Crippen LogP contribution in [0.4, 0.5) is 17.1 Å². The van der Waals surface area contributed by atoms with Gasteiger partial charge < -0.3 is 20.1 Å². The number of hydrogen-bond acceptors (Lipinski definition) is 5. The number of methoxy groups -OCH3 is 1. The Labute approximate surface area is 164 Å². The summed E-state index contributed by atoms with van der Waals surface area (Å²) in [4.78, 5) is 16.9. The summed E-state index contributed by atoms with van der Waals surface area (Å²) < 4.78 is 10.9. The number of para-hydroxylation sites is 2. The van der Waals surface area contributed by atoms with E-state index in [1.165, 1.54) is 6.20 Å². The van der Waals surface area contributed by atoms with Gasteiger partial charge in [-0.05, 0) is 49.7 Å². The molecule has 0 saturated carbocycles. The van der Waals surface area contributed by atoms with E-state index in [4.69, 9.17) is 9.47 Å². The summed E-state index contributed by atoms with van der Waals surface area (Å²) >= 11 is 0. The molecule has 1 amide bonds. The maximum absolute atomic E-state index is 12.7. The van der Waals surface area contributed by atoms with Gasteiger partial charge in [-0.15, -0.1) is 0 Å². The molecule has 0 unspecified atom stereocenters. The van der Waals surface area contributed by atoms with Gasteiger partial charge in [-0.1, -0.05) is 18.2 Å². The van der Waals surface area contributed by atoms with Gasteiger partial charge in [-0.25, -0.2) is 0 Å². The first-order valence-corrected chi connectivity index (χ1v) is 9.00. The van der Waals surface area contributed by atoms with Crippen LogP contribution in [0.3, 0.4) is 0 Å². The molecule has 2 aromatic carbocycles. The van der Waals surface area contributed by atoms with Crippen LogP contribution >= 0.6 is 0 Å². The number of aryl methyl sites for hydroxylation is 1. The highest BCUT2D eigenvalue weighted by atomic mass is 16.5. The first kappa shape index (κ1) is 19.2. The fourth-order valence-electron chi connectivity index (χ4n) is 2.75. The first-order valence-electron chi connectivity index (χ1n) is 9.00. The second-order valence-corrected chi connectivity index (χ2v) is 6.17. The van der Waals surface area contributed by atoms with Crippen molar-refractivity contribution in [1.29, 1.82) is 0 Å². The molecule has 0 aliphatic carbocycles. The summed E-state index contributed by atoms with van der Waals surface area (Å²) in [5, 5.41) is 6.14. The summed E-state index contributed by atoms with van der Waals surface area (Å²) in [5.74, 6) is 1.08. The van der Waals surface area contributed by atoms with Crippen LogP contribution in [0.2, 0.25) is 0 Å². The highest BCUT2D eigenvalue weighted by Gasteiger charge is 2.12. The number of pyridine rings is 1. The van der Waals surface area contributed by atoms with Crippen LogP contribution in [0, 0.1) is 6.92 Å². The lowest BCUT2D eigenvalue weighted by Crippen LogP contribution is -2.13. The quantitative estimate of drug-likeness (QED) is 0.619. The van der Waals surface area contributed by atoms with Crippen LogP contribution in [0.25, 0.3) is 0 Å². The van der Waals surface area contributed by atoms with Crippen LogP contribution < -0.4 is 20.1 Å². The van der Waals surface area contributed by atoms with Gasteiger partial charge in [0.25, 0.3) is 5.91 Å². The molecule has 6 heteroatoms. The normalized spacial score (nSPS) is 10.2. The van der Waals surface area contributed by atoms with Gasteiger partial charge in [0.1, 0.15) is 11.5 Å². The molecule has 28 heavy (non-hydrogen) atoms. The molecular formula is C22H23N3O3. The van der Waals surface area contributed by atoms with E-state index in [9.17, 15) is 4.79 Å². The van der Waals surface area contributed by atoms with Gasteiger partial charge in [-0.2, -0.15) is 0 Å². The standard InChI is InChI=1S/C22H23N3O3/c1-4-28-21-8-6-5-7-18(21)24-17-12-16(13-23-14-17)22(26)25-19-11-15(2)9-10-20(19)27-3/h5-14,24H,4H2,1-3H3,(H,25,26). The highest BCUT2D eigenvalue weighted by molar-refractivity contribution is 6.05. The number of aromatic nitrogens is 1. The van der Waals surface area contributed by atoms with Crippen molar-refractivity contribution in [3.05, 3.63) is 72.1 Å². The Hall–Kier alpha value is -3.54. The molecule has 0 saturated heterocycles. The SMILES string of the molecule is CCOc1ccccc1Nc1cncc(C(=O)Nc2cc(C)ccc2OC)c1. The molecule has 0 aliphatic rings. The van der Waals surface area contributed by atoms with Crippen molar-refractivity contribution in [2.24, 2.45) is 0 Å². The molecule has 3 rings (SSSR count). The van der Waals surface area contributed by atoms with Crippen molar-refractivity contribution >= 4 is 23.0 Å². The van der Waals surface area contributed by atoms with Crippen LogP contribution in [-0.2, 0) is 0 Å². The van der Waals surface area contributed by atoms with Crippen molar-refractivity contribution in [1.82, 2.24) is 4.98 Å². The van der Waals surface area contributed by atoms with Crippen molar-refractivity contribution < 1.29 is 14.3 Å². The zero-order valence-corrected chi connectivity index (χ0v) is 16.2. The third-order valence-corrected chi connectivity index (χ3v) is 4.07. The third-order valence-electron chi connectivity index (χ3n) is 4.07. The molecule has 0 fully saturated rings. The molecule has 0 radical (unpaired) electrons. The predicted molar refractivity (Wildman–Crippen MR) is 111 cm³/mol. The molecule has 1 heterocycles. The van der Waals surface area contributed by atoms with Crippen LogP contribution in [0.1, 0.15) is 22.8 Å². The van der Waals surface area contributed by atoms with E-state index in [1.54, 1.807) is 19.4 Å². The number of anilines is 3. The third kappa shape index (κ3) is 4.59. The molecule has 0 aliphatic heterocycles. The second kappa shape index (κ2) is 8.90. The van der Waals surface area contributed by atoms with E-state index in [0.717, 1.165) is 17.0 Å². The Balaban J connectivity index is 1.80. The Bertz CT molecular complexity index is 973. The summed E-state index contributed by atoms with van der Waals surface area (Å²) in [6.07, 6.45) is 3.18. The first-order chi connectivity index (χ1) is 13.6. The second-order valence-electron chi connectivity index (χ2n) is 6.17. The van der Waals surface area contributed by atoms with Gasteiger partial charge in [0.15, 0.2) is 0 Å². The van der Waals surface area contributed by atoms with E-state index < -0.39 is 0 Å². The smallest absolute Gasteiger partial charge is 0.257 e. The molecular weight excluding hydrogens is 354 g/mol. The molecule has 0 atom stereocenters. The molecule has 0 spiro atoms. The Kier molecular flexibility index (Phi) is 6.11. The fraction of sp³-hybridized carbons (Fsp3) is 0.182. The molecule has 0 bridgehead atoms. The number of rotatable bonds is 7. The average molecular weight is 377 g/mol. The minimum atomic E-state index is -0.266. The van der Waals surface area contributed by atoms with Gasteiger partial charge in [0.2, 0.25) is 0 Å². The maximum atomic E-state index is 12.7. The lowest BCUT2D eigenvalue weighted by atomic mass is 10.2. The zero-order valence-electron chi connectivity index (χ0n) is 16.2. The van der Waals surface area contributed by atoms with Crippen molar-refractivity contribution in [2.45, 2.75) is 13.8 Å². The summed E-state index contributed by atoms with van der Waals surface area (Å²) in [5.41, 5.74) is 3.58. The number of benzene rings is 2. The van der Waals surface area contributed by atoms with E-state index in [0.29, 0.717) is 29.3 Å². The van der Waals surface area contributed by atoms with Crippen molar-refractivity contribution in [3.63, 3.8) is 0 Å². The lowest BCUT2D eigenvalue weighted by molar-refractivity contribution is 0.102. The van der Waals surface area contributed by atoms with Gasteiger partial charge in [-0.3, -0.25) is 9.78 Å². The largest absolute Gasteiger partial charge is 0.495 e. The number of ether oxygens (including phenoxy) is 2. The average Bonchev–Trinajstić information content (AvgIpc) is 2.70. The molecule has 144 valence electrons. The van der Waals surface area contributed by atoms with Crippen LogP contribution in [0.5, 0.6) is 11.5 Å². The molecule has 2 N–H and O–H groups in total. The highest BCUT2D eigenvalue weighted by Crippen LogP contribution is 2.28. The van der Waals surface area contributed by atoms with Gasteiger partial charge >= 0.3 is 0 Å². The predicted octanol–water partition coefficient (Wildman–Crippen LogP) is 4.79. The Morgan fingerprint density at radius 3 is 2.64 bits per heavy atom. The zero-order chi connectivity index (χ0) is 19.9. The summed E-state index contributed by atoms with van der Waals surface area (Å²) in [7, 11) is 1.57. The monoisotopic (exact) mass is 377 g/mol. The van der Waals surface area contributed by atoms with Crippen LogP contribution in [0.15, 0.2) is 60.9 Å². The van der Waals surface area contributed by atoms with E-state index >= 15 is 0 Å². The van der Waals surface area contributed by atoms with Gasteiger partial charge in [0.05, 0.1) is 42.5 Å². The minimum Gasteiger partial charge on any atom is -0.495 e. The van der Waals surface area contributed by atoms with E-state index in [2.05, 4.69) is 15.6 Å². The number of amides is 1. The number of nitrogens with zero attached hydrogens (tertiary/aromatic N) is 1. The summed E-state index contributed by atoms with van der Waals surface area (Å²) in [6, 6.07) is 15.0. The lowest BCUT2D eigenvalue weighted by Gasteiger charge is -2.13. The Morgan fingerprint density at radius 1 is 1.04 bits per heavy atom. The van der Waals surface area contributed by atoms with E-state index in [1.807, 2.05) is 56.3 Å². The van der Waals surface area contributed by atoms with Crippen molar-refractivity contribution in [3.8, 4) is 11.5 Å². The van der Waals surface area contributed by atoms with Crippen molar-refractivity contribution in [2.75, 3.05) is 24.4 Å². The molecule has 1 aromatic heterocycles. The number of carbonyl (C=O) groups is 1. The molecule has 6 nitrogen and oxygen atoms in total.